The lowest BCUT2D eigenvalue weighted by Crippen LogP contribution is -2.67. The highest BCUT2D eigenvalue weighted by molar-refractivity contribution is 5.94. The highest BCUT2D eigenvalue weighted by atomic mass is 16.8. The second kappa shape index (κ2) is 4.91. The minimum atomic E-state index is -2.40. The molecule has 4 aliphatic heterocycles. The molecule has 0 radical (unpaired) electrons. The molecule has 6 aliphatic rings. The van der Waals surface area contributed by atoms with Crippen molar-refractivity contribution in [3.05, 3.63) is 0 Å². The van der Waals surface area contributed by atoms with Gasteiger partial charge in [0.25, 0.3) is 0 Å². The molecule has 0 aromatic rings. The monoisotopic (exact) mass is 440 g/mol. The van der Waals surface area contributed by atoms with E-state index in [4.69, 9.17) is 18.9 Å². The third-order valence-corrected chi connectivity index (χ3v) is 8.95. The molecule has 0 bridgehead atoms. The van der Waals surface area contributed by atoms with Crippen molar-refractivity contribution in [3.8, 4) is 0 Å². The Morgan fingerprint density at radius 3 is 2.19 bits per heavy atom. The van der Waals surface area contributed by atoms with Gasteiger partial charge in [0.15, 0.2) is 17.8 Å². The summed E-state index contributed by atoms with van der Waals surface area (Å²) in [4.78, 5) is 38.3. The molecule has 4 N–H and O–H groups in total. The van der Waals surface area contributed by atoms with Crippen molar-refractivity contribution in [2.45, 2.75) is 75.7 Å². The third-order valence-electron chi connectivity index (χ3n) is 8.95. The molecule has 6 fully saturated rings. The Morgan fingerprint density at radius 2 is 1.58 bits per heavy atom. The molecule has 170 valence electrons. The van der Waals surface area contributed by atoms with E-state index in [2.05, 4.69) is 0 Å². The molecule has 2 saturated carbocycles. The second-order valence-electron chi connectivity index (χ2n) is 10.8. The van der Waals surface area contributed by atoms with Gasteiger partial charge in [0.05, 0.1) is 22.9 Å². The van der Waals surface area contributed by atoms with Crippen LogP contribution in [0.2, 0.25) is 0 Å². The molecule has 4 saturated heterocycles. The standard InChI is InChI=1S/C20H24O11/c1-5-12(24)28-11-8(22)18-10-6(21)7(16(2,3)4)17(18)9(23)13(25)30-15(17)31-20(18,14(26)29-10)19(5,11)27/h5-11,15,21-23,27H,1-4H3/t5-,6-,7+,8+,9+,10?,11+,15+,17?,18?,19-,20?/m1/s1. The van der Waals surface area contributed by atoms with Crippen LogP contribution < -0.4 is 0 Å². The summed E-state index contributed by atoms with van der Waals surface area (Å²) in [5.41, 5.74) is -9.40. The topological polar surface area (TPSA) is 169 Å². The van der Waals surface area contributed by atoms with Crippen molar-refractivity contribution in [1.29, 1.82) is 0 Å². The van der Waals surface area contributed by atoms with Crippen molar-refractivity contribution < 1.29 is 53.8 Å². The molecular formula is C20H24O11. The molecule has 2 spiro atoms. The Morgan fingerprint density at radius 1 is 0.935 bits per heavy atom. The van der Waals surface area contributed by atoms with Crippen LogP contribution in [0.5, 0.6) is 0 Å². The fraction of sp³-hybridized carbons (Fsp3) is 0.850. The van der Waals surface area contributed by atoms with Gasteiger partial charge in [-0.15, -0.1) is 0 Å². The number of ether oxygens (including phenoxy) is 4. The summed E-state index contributed by atoms with van der Waals surface area (Å²) in [7, 11) is 0. The molecule has 31 heavy (non-hydrogen) atoms. The van der Waals surface area contributed by atoms with E-state index in [9.17, 15) is 34.8 Å². The Balaban J connectivity index is 1.75. The minimum Gasteiger partial charge on any atom is -0.456 e. The lowest BCUT2D eigenvalue weighted by Gasteiger charge is -2.47. The van der Waals surface area contributed by atoms with Gasteiger partial charge >= 0.3 is 17.9 Å². The first-order chi connectivity index (χ1) is 14.3. The smallest absolute Gasteiger partial charge is 0.343 e. The highest BCUT2D eigenvalue weighted by Crippen LogP contribution is 2.84. The fourth-order valence-electron chi connectivity index (χ4n) is 8.27. The van der Waals surface area contributed by atoms with Crippen LogP contribution in [-0.4, -0.2) is 86.3 Å². The van der Waals surface area contributed by atoms with Crippen molar-refractivity contribution >= 4 is 17.9 Å². The Labute approximate surface area is 176 Å². The van der Waals surface area contributed by atoms with Gasteiger partial charge < -0.3 is 39.4 Å². The maximum atomic E-state index is 13.4. The summed E-state index contributed by atoms with van der Waals surface area (Å²) < 4.78 is 22.2. The summed E-state index contributed by atoms with van der Waals surface area (Å²) in [5, 5.41) is 46.1. The zero-order valence-corrected chi connectivity index (χ0v) is 17.3. The normalized spacial score (nSPS) is 61.0. The van der Waals surface area contributed by atoms with Gasteiger partial charge in [-0.1, -0.05) is 20.8 Å². The minimum absolute atomic E-state index is 0.792. The highest BCUT2D eigenvalue weighted by Gasteiger charge is 3.05. The van der Waals surface area contributed by atoms with Crippen LogP contribution in [0.3, 0.4) is 0 Å². The fourth-order valence-corrected chi connectivity index (χ4v) is 8.27. The molecule has 2 aliphatic carbocycles. The largest absolute Gasteiger partial charge is 0.456 e. The Kier molecular flexibility index (Phi) is 3.15. The third kappa shape index (κ3) is 1.43. The summed E-state index contributed by atoms with van der Waals surface area (Å²) in [6, 6.07) is 0. The van der Waals surface area contributed by atoms with Crippen molar-refractivity contribution in [2.24, 2.45) is 28.1 Å². The van der Waals surface area contributed by atoms with E-state index < -0.39 is 94.0 Å². The average molecular weight is 440 g/mol. The second-order valence-corrected chi connectivity index (χ2v) is 10.8. The Hall–Kier alpha value is -1.79. The molecule has 4 heterocycles. The summed E-state index contributed by atoms with van der Waals surface area (Å²) >= 11 is 0. The van der Waals surface area contributed by atoms with Crippen molar-refractivity contribution in [2.75, 3.05) is 0 Å². The molecule has 11 nitrogen and oxygen atoms in total. The molecule has 0 amide bonds. The van der Waals surface area contributed by atoms with E-state index in [-0.39, 0.29) is 0 Å². The number of esters is 3. The van der Waals surface area contributed by atoms with Gasteiger partial charge in [-0.05, 0) is 12.3 Å². The van der Waals surface area contributed by atoms with Gasteiger partial charge in [-0.2, -0.15) is 0 Å². The number of hydrogen-bond acceptors (Lipinski definition) is 11. The van der Waals surface area contributed by atoms with E-state index in [1.165, 1.54) is 6.92 Å². The first kappa shape index (κ1) is 19.9. The van der Waals surface area contributed by atoms with Gasteiger partial charge in [0, 0.05) is 5.92 Å². The number of hydrogen-bond donors (Lipinski definition) is 4. The van der Waals surface area contributed by atoms with Gasteiger partial charge in [0.2, 0.25) is 11.9 Å². The molecule has 0 aromatic carbocycles. The van der Waals surface area contributed by atoms with Crippen LogP contribution in [0.15, 0.2) is 0 Å². The maximum Gasteiger partial charge on any atom is 0.343 e. The summed E-state index contributed by atoms with van der Waals surface area (Å²) in [6.45, 7) is 6.63. The lowest BCUT2D eigenvalue weighted by molar-refractivity contribution is -0.240. The number of carbonyl (C=O) groups is 3. The van der Waals surface area contributed by atoms with Crippen LogP contribution in [0, 0.1) is 28.1 Å². The predicted molar refractivity (Wildman–Crippen MR) is 93.4 cm³/mol. The zero-order chi connectivity index (χ0) is 22.7. The van der Waals surface area contributed by atoms with Crippen LogP contribution in [-0.2, 0) is 33.3 Å². The first-order valence-corrected chi connectivity index (χ1v) is 10.3. The molecule has 4 unspecified atom stereocenters. The van der Waals surface area contributed by atoms with Crippen LogP contribution in [0.4, 0.5) is 0 Å². The van der Waals surface area contributed by atoms with Crippen molar-refractivity contribution in [3.63, 3.8) is 0 Å². The summed E-state index contributed by atoms with van der Waals surface area (Å²) in [6.07, 6.45) is -9.69. The van der Waals surface area contributed by atoms with E-state index in [1.54, 1.807) is 20.8 Å². The predicted octanol–water partition coefficient (Wildman–Crippen LogP) is -2.40. The van der Waals surface area contributed by atoms with E-state index in [1.807, 2.05) is 0 Å². The molecule has 11 heteroatoms. The van der Waals surface area contributed by atoms with Crippen LogP contribution in [0.1, 0.15) is 27.7 Å². The zero-order valence-electron chi connectivity index (χ0n) is 17.3. The SMILES string of the molecule is C[C@@H]1C(=O)O[C@H]2[C@H](O)C34C5OC(=O)C3(O[C@@H]3OC(=O)[C@H](O)C34[C@H](C(C)(C)C)[C@H]5O)[C@@]12O. The number of rotatable bonds is 0. The number of aliphatic hydroxyl groups is 4. The maximum absolute atomic E-state index is 13.4. The average Bonchev–Trinajstić information content (AvgIpc) is 3.35. The van der Waals surface area contributed by atoms with Crippen LogP contribution in [0.25, 0.3) is 0 Å². The quantitative estimate of drug-likeness (QED) is 0.234. The summed E-state index contributed by atoms with van der Waals surface area (Å²) in [5.74, 6) is -5.22. The van der Waals surface area contributed by atoms with Crippen LogP contribution >= 0.6 is 0 Å². The first-order valence-electron chi connectivity index (χ1n) is 10.3. The molecular weight excluding hydrogens is 416 g/mol. The molecule has 12 atom stereocenters. The number of aliphatic hydroxyl groups excluding tert-OH is 3. The van der Waals surface area contributed by atoms with Gasteiger partial charge in [-0.3, -0.25) is 4.79 Å². The van der Waals surface area contributed by atoms with Gasteiger partial charge in [-0.25, -0.2) is 9.59 Å². The van der Waals surface area contributed by atoms with E-state index in [0.717, 1.165) is 0 Å². The lowest BCUT2D eigenvalue weighted by atomic mass is 9.51. The van der Waals surface area contributed by atoms with Crippen molar-refractivity contribution in [1.82, 2.24) is 0 Å². The van der Waals surface area contributed by atoms with Gasteiger partial charge in [0.1, 0.15) is 12.2 Å². The Bertz CT molecular complexity index is 957. The van der Waals surface area contributed by atoms with E-state index >= 15 is 0 Å². The number of carbonyl (C=O) groups excluding carboxylic acids is 3. The van der Waals surface area contributed by atoms with E-state index in [0.29, 0.717) is 0 Å². The molecule has 6 rings (SSSR count). The number of fused-ring (bicyclic) bond motifs is 1. The molecule has 0 aromatic heterocycles.